The molecule has 8 heteroatoms. The monoisotopic (exact) mass is 425 g/mol. The Balaban J connectivity index is 1.53. The Bertz CT molecular complexity index is 1320. The molecular weight excluding hydrogens is 406 g/mol. The molecule has 8 nitrogen and oxygen atoms in total. The number of benzene rings is 2. The number of amides is 1. The lowest BCUT2D eigenvalue weighted by atomic mass is 10.2. The van der Waals surface area contributed by atoms with Gasteiger partial charge in [0.05, 0.1) is 11.7 Å². The van der Waals surface area contributed by atoms with Gasteiger partial charge in [-0.3, -0.25) is 4.79 Å². The first kappa shape index (κ1) is 20.6. The summed E-state index contributed by atoms with van der Waals surface area (Å²) in [5.74, 6) is 1.17. The Hall–Kier alpha value is -4.64. The van der Waals surface area contributed by atoms with E-state index >= 15 is 0 Å². The molecule has 0 aliphatic carbocycles. The van der Waals surface area contributed by atoms with Crippen molar-refractivity contribution in [3.05, 3.63) is 85.1 Å². The van der Waals surface area contributed by atoms with Crippen LogP contribution in [0.15, 0.2) is 79.5 Å². The highest BCUT2D eigenvalue weighted by atomic mass is 16.5. The number of carbonyl (C=O) groups is 1. The van der Waals surface area contributed by atoms with E-state index in [9.17, 15) is 10.1 Å². The maximum Gasteiger partial charge on any atom is 0.263 e. The van der Waals surface area contributed by atoms with Crippen molar-refractivity contribution in [1.82, 2.24) is 14.8 Å². The summed E-state index contributed by atoms with van der Waals surface area (Å²) in [6, 6.07) is 20.4. The number of anilines is 1. The minimum Gasteiger partial charge on any atom is -0.486 e. The first-order valence-electron chi connectivity index (χ1n) is 9.79. The number of para-hydroxylation sites is 3. The van der Waals surface area contributed by atoms with Crippen LogP contribution in [-0.2, 0) is 4.79 Å². The summed E-state index contributed by atoms with van der Waals surface area (Å²) in [5.41, 5.74) is 0.985. The summed E-state index contributed by atoms with van der Waals surface area (Å²) in [5, 5.41) is 17.4. The number of rotatable bonds is 8. The SMILES string of the molecule is C=CCOc1ccccc1OCC(=O)Nc1c(C#N)cnn1-c1ccc2ccccc2n1. The third kappa shape index (κ3) is 4.42. The van der Waals surface area contributed by atoms with Gasteiger partial charge in [-0.15, -0.1) is 0 Å². The van der Waals surface area contributed by atoms with Crippen molar-refractivity contribution in [1.29, 1.82) is 5.26 Å². The number of carbonyl (C=O) groups excluding carboxylic acids is 1. The molecule has 0 saturated heterocycles. The molecule has 0 bridgehead atoms. The van der Waals surface area contributed by atoms with Gasteiger partial charge in [0, 0.05) is 5.39 Å². The van der Waals surface area contributed by atoms with Gasteiger partial charge in [-0.1, -0.05) is 43.0 Å². The molecule has 0 aliphatic heterocycles. The second-order valence-electron chi connectivity index (χ2n) is 6.68. The van der Waals surface area contributed by atoms with E-state index in [2.05, 4.69) is 22.0 Å². The standard InChI is InChI=1S/C24H19N5O3/c1-2-13-31-20-9-5-6-10-21(20)32-16-23(30)28-24-18(14-25)15-26-29(24)22-12-11-17-7-3-4-8-19(17)27-22/h2-12,15H,1,13,16H2,(H,28,30). The van der Waals surface area contributed by atoms with Gasteiger partial charge in [0.25, 0.3) is 5.91 Å². The van der Waals surface area contributed by atoms with E-state index in [-0.39, 0.29) is 18.0 Å². The molecule has 32 heavy (non-hydrogen) atoms. The third-order valence-corrected chi connectivity index (χ3v) is 4.51. The van der Waals surface area contributed by atoms with E-state index < -0.39 is 5.91 Å². The molecule has 0 unspecified atom stereocenters. The second kappa shape index (κ2) is 9.45. The molecule has 0 aliphatic rings. The van der Waals surface area contributed by atoms with E-state index in [0.717, 1.165) is 10.9 Å². The van der Waals surface area contributed by atoms with Crippen molar-refractivity contribution in [2.75, 3.05) is 18.5 Å². The first-order valence-corrected chi connectivity index (χ1v) is 9.79. The molecule has 2 heterocycles. The van der Waals surface area contributed by atoms with Gasteiger partial charge in [-0.25, -0.2) is 4.98 Å². The Morgan fingerprint density at radius 3 is 2.62 bits per heavy atom. The number of fused-ring (bicyclic) bond motifs is 1. The smallest absolute Gasteiger partial charge is 0.263 e. The highest BCUT2D eigenvalue weighted by molar-refractivity contribution is 5.92. The van der Waals surface area contributed by atoms with E-state index in [1.165, 1.54) is 10.9 Å². The number of nitrogens with zero attached hydrogens (tertiary/aromatic N) is 4. The fourth-order valence-corrected chi connectivity index (χ4v) is 3.05. The summed E-state index contributed by atoms with van der Waals surface area (Å²) >= 11 is 0. The summed E-state index contributed by atoms with van der Waals surface area (Å²) in [7, 11) is 0. The number of hydrogen-bond acceptors (Lipinski definition) is 6. The van der Waals surface area contributed by atoms with E-state index in [0.29, 0.717) is 23.9 Å². The molecule has 2 aromatic carbocycles. The number of hydrogen-bond donors (Lipinski definition) is 1. The van der Waals surface area contributed by atoms with Crippen LogP contribution in [0.25, 0.3) is 16.7 Å². The number of nitriles is 1. The average Bonchev–Trinajstić information content (AvgIpc) is 3.24. The lowest BCUT2D eigenvalue weighted by molar-refractivity contribution is -0.118. The zero-order chi connectivity index (χ0) is 22.3. The molecule has 0 radical (unpaired) electrons. The predicted octanol–water partition coefficient (Wildman–Crippen LogP) is 3.87. The quantitative estimate of drug-likeness (QED) is 0.430. The summed E-state index contributed by atoms with van der Waals surface area (Å²) < 4.78 is 12.6. The molecule has 2 aromatic heterocycles. The van der Waals surface area contributed by atoms with Crippen molar-refractivity contribution in [3.8, 4) is 23.4 Å². The van der Waals surface area contributed by atoms with Crippen LogP contribution in [0.1, 0.15) is 5.56 Å². The Labute approximate surface area is 184 Å². The van der Waals surface area contributed by atoms with Crippen molar-refractivity contribution >= 4 is 22.6 Å². The van der Waals surface area contributed by atoms with Crippen molar-refractivity contribution in [2.45, 2.75) is 0 Å². The topological polar surface area (TPSA) is 102 Å². The van der Waals surface area contributed by atoms with Crippen LogP contribution in [0.3, 0.4) is 0 Å². The maximum atomic E-state index is 12.6. The van der Waals surface area contributed by atoms with Crippen molar-refractivity contribution < 1.29 is 14.3 Å². The minimum absolute atomic E-state index is 0.211. The summed E-state index contributed by atoms with van der Waals surface area (Å²) in [6.07, 6.45) is 3.00. The molecule has 4 rings (SSSR count). The zero-order valence-corrected chi connectivity index (χ0v) is 17.1. The Morgan fingerprint density at radius 2 is 1.84 bits per heavy atom. The van der Waals surface area contributed by atoms with Crippen LogP contribution in [0.5, 0.6) is 11.5 Å². The average molecular weight is 425 g/mol. The minimum atomic E-state index is -0.456. The van der Waals surface area contributed by atoms with Crippen molar-refractivity contribution in [2.24, 2.45) is 0 Å². The Kier molecular flexibility index (Phi) is 6.09. The second-order valence-corrected chi connectivity index (χ2v) is 6.68. The fraction of sp³-hybridized carbons (Fsp3) is 0.0833. The third-order valence-electron chi connectivity index (χ3n) is 4.51. The van der Waals surface area contributed by atoms with Gasteiger partial charge in [0.1, 0.15) is 18.2 Å². The Morgan fingerprint density at radius 1 is 1.09 bits per heavy atom. The summed E-state index contributed by atoms with van der Waals surface area (Å²) in [6.45, 7) is 3.65. The van der Waals surface area contributed by atoms with E-state index in [4.69, 9.17) is 9.47 Å². The van der Waals surface area contributed by atoms with Crippen LogP contribution < -0.4 is 14.8 Å². The molecule has 1 N–H and O–H groups in total. The lowest BCUT2D eigenvalue weighted by Gasteiger charge is -2.12. The highest BCUT2D eigenvalue weighted by Gasteiger charge is 2.17. The molecule has 158 valence electrons. The van der Waals surface area contributed by atoms with Gasteiger partial charge >= 0.3 is 0 Å². The van der Waals surface area contributed by atoms with Crippen LogP contribution in [0.4, 0.5) is 5.82 Å². The van der Waals surface area contributed by atoms with Gasteiger partial charge in [-0.05, 0) is 30.3 Å². The molecule has 4 aromatic rings. The predicted molar refractivity (Wildman–Crippen MR) is 120 cm³/mol. The van der Waals surface area contributed by atoms with Crippen LogP contribution >= 0.6 is 0 Å². The molecule has 0 saturated carbocycles. The molecule has 1 amide bonds. The van der Waals surface area contributed by atoms with Crippen LogP contribution in [-0.4, -0.2) is 33.9 Å². The van der Waals surface area contributed by atoms with E-state index in [1.807, 2.05) is 36.4 Å². The van der Waals surface area contributed by atoms with Gasteiger partial charge in [0.15, 0.2) is 29.7 Å². The number of nitrogens with one attached hydrogen (secondary N) is 1. The molecular formula is C24H19N5O3. The van der Waals surface area contributed by atoms with Gasteiger partial charge < -0.3 is 14.8 Å². The summed E-state index contributed by atoms with van der Waals surface area (Å²) in [4.78, 5) is 17.2. The first-order chi connectivity index (χ1) is 15.7. The molecule has 0 spiro atoms. The van der Waals surface area contributed by atoms with E-state index in [1.54, 1.807) is 36.4 Å². The normalized spacial score (nSPS) is 10.3. The zero-order valence-electron chi connectivity index (χ0n) is 17.1. The highest BCUT2D eigenvalue weighted by Crippen LogP contribution is 2.26. The van der Waals surface area contributed by atoms with Crippen LogP contribution in [0, 0.1) is 11.3 Å². The van der Waals surface area contributed by atoms with Gasteiger partial charge in [0.2, 0.25) is 0 Å². The number of ether oxygens (including phenoxy) is 2. The maximum absolute atomic E-state index is 12.6. The molecule has 0 fully saturated rings. The lowest BCUT2D eigenvalue weighted by Crippen LogP contribution is -2.22. The largest absolute Gasteiger partial charge is 0.486 e. The van der Waals surface area contributed by atoms with Gasteiger partial charge in [-0.2, -0.15) is 15.0 Å². The van der Waals surface area contributed by atoms with Crippen LogP contribution in [0.2, 0.25) is 0 Å². The fourth-order valence-electron chi connectivity index (χ4n) is 3.05. The number of aromatic nitrogens is 3. The molecule has 0 atom stereocenters. The number of pyridine rings is 1. The van der Waals surface area contributed by atoms with Crippen molar-refractivity contribution in [3.63, 3.8) is 0 Å².